The van der Waals surface area contributed by atoms with Crippen molar-refractivity contribution in [3.05, 3.63) is 64.5 Å². The molecule has 2 unspecified atom stereocenters. The second-order valence-electron chi connectivity index (χ2n) is 11.2. The van der Waals surface area contributed by atoms with E-state index in [4.69, 9.17) is 4.74 Å². The Balaban J connectivity index is 0.000000710. The first-order valence-corrected chi connectivity index (χ1v) is 16.3. The van der Waals surface area contributed by atoms with Gasteiger partial charge < -0.3 is 9.84 Å². The third-order valence-corrected chi connectivity index (χ3v) is 7.85. The van der Waals surface area contributed by atoms with Crippen molar-refractivity contribution in [2.75, 3.05) is 26.0 Å². The Kier molecular flexibility index (Phi) is 13.4. The number of likely N-dealkylation sites (tertiary alicyclic amines) is 1. The summed E-state index contributed by atoms with van der Waals surface area (Å²) in [7, 11) is 0. The van der Waals surface area contributed by atoms with Crippen LogP contribution in [0.1, 0.15) is 105 Å². The predicted molar refractivity (Wildman–Crippen MR) is 164 cm³/mol. The van der Waals surface area contributed by atoms with E-state index in [-0.39, 0.29) is 23.6 Å². The van der Waals surface area contributed by atoms with Gasteiger partial charge in [-0.25, -0.2) is 4.39 Å². The number of benzene rings is 2. The quantitative estimate of drug-likeness (QED) is 0.228. The van der Waals surface area contributed by atoms with Crippen LogP contribution in [-0.2, 0) is 6.42 Å². The predicted octanol–water partition coefficient (Wildman–Crippen LogP) is 6.90. The normalized spacial score (nSPS) is 20.4. The van der Waals surface area contributed by atoms with E-state index >= 15 is 0 Å². The minimum atomic E-state index is -0.698. The lowest BCUT2D eigenvalue weighted by molar-refractivity contribution is -0.0242. The van der Waals surface area contributed by atoms with Crippen molar-refractivity contribution in [3.8, 4) is 5.75 Å². The molecule has 1 aliphatic heterocycles. The van der Waals surface area contributed by atoms with E-state index in [1.54, 1.807) is 12.3 Å². The summed E-state index contributed by atoms with van der Waals surface area (Å²) in [4.78, 5) is 14.7. The molecule has 2 aromatic carbocycles. The van der Waals surface area contributed by atoms with Crippen LogP contribution in [0.2, 0.25) is 0 Å². The fraction of sp³-hybridized carbons (Fsp3) is 0.594. The Labute approximate surface area is 249 Å². The highest BCUT2D eigenvalue weighted by Crippen LogP contribution is 2.45. The van der Waals surface area contributed by atoms with Gasteiger partial charge in [0.15, 0.2) is 0 Å². The van der Waals surface area contributed by atoms with Crippen molar-refractivity contribution < 1.29 is 24.2 Å². The summed E-state index contributed by atoms with van der Waals surface area (Å²) in [5, 5.41) is 20.2. The Hall–Kier alpha value is -2.17. The van der Waals surface area contributed by atoms with Crippen molar-refractivity contribution >= 4 is 17.9 Å². The largest absolute Gasteiger partial charge is 0.493 e. The average Bonchev–Trinajstić information content (AvgIpc) is 3.74. The number of aliphatic hydroxyl groups is 1. The van der Waals surface area contributed by atoms with Crippen LogP contribution in [0.25, 0.3) is 0 Å². The molecule has 0 aromatic heterocycles. The van der Waals surface area contributed by atoms with E-state index in [0.29, 0.717) is 29.3 Å². The van der Waals surface area contributed by atoms with Crippen LogP contribution in [0.3, 0.4) is 0 Å². The molecule has 3 aliphatic rings. The molecule has 1 amide bonds. The van der Waals surface area contributed by atoms with Crippen molar-refractivity contribution in [1.29, 1.82) is 0 Å². The topological polar surface area (TPSA) is 85.3 Å². The first-order chi connectivity index (χ1) is 19.8. The highest BCUT2D eigenvalue weighted by atomic mass is 32.2. The molecule has 1 saturated carbocycles. The second-order valence-corrected chi connectivity index (χ2v) is 11.9. The summed E-state index contributed by atoms with van der Waals surface area (Å²) in [5.74, 6) is -0.234. The SMILES string of the molecule is CCC.CCC.CSN(O)NC(=O)c1cc(C2CC2)c(OCC2CCN(C3c4ccccc4CC3O)CC2)cc1F. The van der Waals surface area contributed by atoms with Gasteiger partial charge in [-0.2, -0.15) is 0 Å². The molecule has 9 heteroatoms. The number of nitrogens with one attached hydrogen (secondary N) is 1. The van der Waals surface area contributed by atoms with Crippen LogP contribution in [-0.4, -0.2) is 57.8 Å². The molecule has 0 radical (unpaired) electrons. The highest BCUT2D eigenvalue weighted by Gasteiger charge is 2.37. The fourth-order valence-electron chi connectivity index (χ4n) is 5.38. The fourth-order valence-corrected chi connectivity index (χ4v) is 5.55. The molecule has 2 fully saturated rings. The van der Waals surface area contributed by atoms with Crippen LogP contribution >= 0.6 is 11.9 Å². The minimum Gasteiger partial charge on any atom is -0.493 e. The van der Waals surface area contributed by atoms with E-state index in [2.05, 4.69) is 50.2 Å². The van der Waals surface area contributed by atoms with Gasteiger partial charge in [0.1, 0.15) is 11.6 Å². The van der Waals surface area contributed by atoms with Crippen LogP contribution in [0, 0.1) is 11.7 Å². The molecule has 1 heterocycles. The zero-order chi connectivity index (χ0) is 29.9. The molecule has 2 aromatic rings. The van der Waals surface area contributed by atoms with Gasteiger partial charge in [-0.05, 0) is 89.9 Å². The van der Waals surface area contributed by atoms with Gasteiger partial charge in [-0.15, -0.1) is 0 Å². The monoisotopic (exact) mass is 589 g/mol. The summed E-state index contributed by atoms with van der Waals surface area (Å²) in [6, 6.07) is 11.2. The van der Waals surface area contributed by atoms with E-state index in [0.717, 1.165) is 56.3 Å². The molecular formula is C32H48FN3O4S. The highest BCUT2D eigenvalue weighted by molar-refractivity contribution is 7.96. The standard InChI is InChI=1S/C26H32FN3O4S.2C3H8/c1-35-30(33)28-26(32)21-13-20(17-6-7-17)24(14-22(21)27)34-15-16-8-10-29(11-9-16)25-19-5-3-2-4-18(19)12-23(25)31;2*1-3-2/h2-5,13-14,16-17,23,25,31,33H,6-12,15H2,1H3,(H,28,32);2*3H2,1-2H3. The number of halogens is 1. The van der Waals surface area contributed by atoms with E-state index in [1.807, 2.05) is 12.1 Å². The lowest BCUT2D eigenvalue weighted by Crippen LogP contribution is -2.41. The molecule has 2 aliphatic carbocycles. The molecular weight excluding hydrogens is 541 g/mol. The number of ether oxygens (including phenoxy) is 1. The third kappa shape index (κ3) is 9.16. The number of hydrazine groups is 1. The zero-order valence-electron chi connectivity index (χ0n) is 25.2. The number of amides is 1. The van der Waals surface area contributed by atoms with Crippen molar-refractivity contribution in [3.63, 3.8) is 0 Å². The lowest BCUT2D eigenvalue weighted by Gasteiger charge is -2.37. The number of fused-ring (bicyclic) bond motifs is 1. The number of piperidine rings is 1. The van der Waals surface area contributed by atoms with Crippen LogP contribution in [0.15, 0.2) is 36.4 Å². The maximum absolute atomic E-state index is 14.8. The molecule has 7 nitrogen and oxygen atoms in total. The number of carbonyl (C=O) groups is 1. The summed E-state index contributed by atoms with van der Waals surface area (Å²) in [5.41, 5.74) is 5.46. The Bertz CT molecular complexity index is 1110. The van der Waals surface area contributed by atoms with Crippen molar-refractivity contribution in [2.24, 2.45) is 5.92 Å². The van der Waals surface area contributed by atoms with E-state index < -0.39 is 11.7 Å². The first kappa shape index (κ1) is 33.3. The Morgan fingerprint density at radius 3 is 2.32 bits per heavy atom. The van der Waals surface area contributed by atoms with Crippen LogP contribution in [0.5, 0.6) is 5.75 Å². The molecule has 0 spiro atoms. The lowest BCUT2D eigenvalue weighted by atomic mass is 9.94. The number of hydrogen-bond donors (Lipinski definition) is 3. The van der Waals surface area contributed by atoms with Crippen LogP contribution < -0.4 is 10.2 Å². The van der Waals surface area contributed by atoms with Gasteiger partial charge in [0.05, 0.1) is 24.3 Å². The summed E-state index contributed by atoms with van der Waals surface area (Å²) < 4.78 is 21.5. The summed E-state index contributed by atoms with van der Waals surface area (Å²) in [6.45, 7) is 10.8. The Morgan fingerprint density at radius 2 is 1.71 bits per heavy atom. The Morgan fingerprint density at radius 1 is 1.07 bits per heavy atom. The van der Waals surface area contributed by atoms with Gasteiger partial charge in [0.2, 0.25) is 0 Å². The molecule has 3 N–H and O–H groups in total. The average molecular weight is 590 g/mol. The molecule has 41 heavy (non-hydrogen) atoms. The first-order valence-electron chi connectivity index (χ1n) is 15.1. The zero-order valence-corrected chi connectivity index (χ0v) is 26.1. The maximum atomic E-state index is 14.8. The molecule has 0 bridgehead atoms. The number of carbonyl (C=O) groups excluding carboxylic acids is 1. The minimum absolute atomic E-state index is 0.0586. The number of aliphatic hydroxyl groups excluding tert-OH is 1. The molecule has 1 saturated heterocycles. The second kappa shape index (κ2) is 16.5. The smallest absolute Gasteiger partial charge is 0.271 e. The summed E-state index contributed by atoms with van der Waals surface area (Å²) >= 11 is 0.901. The van der Waals surface area contributed by atoms with Crippen LogP contribution in [0.4, 0.5) is 4.39 Å². The third-order valence-electron chi connectivity index (χ3n) is 7.42. The van der Waals surface area contributed by atoms with Gasteiger partial charge >= 0.3 is 0 Å². The van der Waals surface area contributed by atoms with Gasteiger partial charge in [0.25, 0.3) is 5.91 Å². The number of nitrogens with zero attached hydrogens (tertiary/aromatic N) is 2. The number of rotatable bonds is 8. The van der Waals surface area contributed by atoms with Crippen molar-refractivity contribution in [1.82, 2.24) is 14.9 Å². The van der Waals surface area contributed by atoms with Gasteiger partial charge in [0, 0.05) is 18.7 Å². The van der Waals surface area contributed by atoms with Gasteiger partial charge in [-0.1, -0.05) is 64.8 Å². The van der Waals surface area contributed by atoms with E-state index in [1.165, 1.54) is 30.0 Å². The maximum Gasteiger partial charge on any atom is 0.271 e. The van der Waals surface area contributed by atoms with Gasteiger partial charge in [-0.3, -0.25) is 20.3 Å². The van der Waals surface area contributed by atoms with Crippen molar-refractivity contribution in [2.45, 2.75) is 90.7 Å². The van der Waals surface area contributed by atoms with E-state index in [9.17, 15) is 19.5 Å². The number of hydrogen-bond acceptors (Lipinski definition) is 7. The summed E-state index contributed by atoms with van der Waals surface area (Å²) in [6.07, 6.45) is 8.31. The molecule has 228 valence electrons. The molecule has 2 atom stereocenters. The molecule has 5 rings (SSSR count).